The molecule has 3 aromatic rings. The average molecular weight is 491 g/mol. The fraction of sp³-hybridized carbons (Fsp3) is 0.120. The largest absolute Gasteiger partial charge is 0.493 e. The van der Waals surface area contributed by atoms with Crippen molar-refractivity contribution < 1.29 is 33.6 Å². The molecule has 176 valence electrons. The number of thioether (sulfide) groups is 1. The maximum Gasteiger partial charge on any atom is 0.352 e. The molecule has 9 nitrogen and oxygen atoms in total. The third-order valence-electron chi connectivity index (χ3n) is 5.13. The Labute approximate surface area is 203 Å². The van der Waals surface area contributed by atoms with Gasteiger partial charge in [-0.25, -0.2) is 4.79 Å². The first kappa shape index (κ1) is 23.8. The Morgan fingerprint density at radius 3 is 2.20 bits per heavy atom. The fourth-order valence-electron chi connectivity index (χ4n) is 3.60. The Bertz CT molecular complexity index is 1350. The minimum atomic E-state index is -1.27. The molecule has 0 atom stereocenters. The minimum absolute atomic E-state index is 0.00353. The first-order valence-electron chi connectivity index (χ1n) is 10.4. The van der Waals surface area contributed by atoms with Crippen LogP contribution in [0.15, 0.2) is 66.7 Å². The van der Waals surface area contributed by atoms with Gasteiger partial charge in [0.2, 0.25) is 5.78 Å². The van der Waals surface area contributed by atoms with E-state index in [9.17, 15) is 29.3 Å². The van der Waals surface area contributed by atoms with E-state index in [1.54, 1.807) is 18.2 Å². The van der Waals surface area contributed by atoms with Crippen LogP contribution in [0.4, 0.5) is 5.69 Å². The lowest BCUT2D eigenvalue weighted by Gasteiger charge is -2.18. The van der Waals surface area contributed by atoms with Crippen molar-refractivity contribution in [2.24, 2.45) is 0 Å². The van der Waals surface area contributed by atoms with Crippen LogP contribution in [0.5, 0.6) is 5.75 Å². The monoisotopic (exact) mass is 491 g/mol. The van der Waals surface area contributed by atoms with E-state index in [2.05, 4.69) is 0 Å². The molecule has 3 aromatic carbocycles. The van der Waals surface area contributed by atoms with Crippen LogP contribution >= 0.6 is 11.8 Å². The van der Waals surface area contributed by atoms with Gasteiger partial charge in [-0.1, -0.05) is 42.5 Å². The molecular formula is C25H17NO8S. The second-order valence-electron chi connectivity index (χ2n) is 7.32. The molecule has 0 saturated heterocycles. The lowest BCUT2D eigenvalue weighted by Crippen LogP contribution is -2.24. The Kier molecular flexibility index (Phi) is 7.02. The van der Waals surface area contributed by atoms with Crippen molar-refractivity contribution in [3.05, 3.63) is 105 Å². The van der Waals surface area contributed by atoms with E-state index in [1.807, 2.05) is 18.2 Å². The Morgan fingerprint density at radius 2 is 1.51 bits per heavy atom. The first-order chi connectivity index (χ1) is 16.9. The first-order valence-corrected chi connectivity index (χ1v) is 11.5. The molecule has 1 aliphatic rings. The molecule has 0 spiro atoms. The summed E-state index contributed by atoms with van der Waals surface area (Å²) in [6, 6.07) is 17.2. The van der Waals surface area contributed by atoms with Gasteiger partial charge in [0.05, 0.1) is 17.3 Å². The van der Waals surface area contributed by atoms with Gasteiger partial charge >= 0.3 is 11.9 Å². The van der Waals surface area contributed by atoms with Gasteiger partial charge in [0.25, 0.3) is 5.69 Å². The van der Waals surface area contributed by atoms with Crippen molar-refractivity contribution in [3.63, 3.8) is 0 Å². The lowest BCUT2D eigenvalue weighted by atomic mass is 9.82. The zero-order chi connectivity index (χ0) is 24.9. The SMILES string of the molecule is O=C(CSCCOc1ccccc1)OC(=O)c1ccc2c(c1[N+](=O)[O-])C(=O)c1ccccc1C2=O. The van der Waals surface area contributed by atoms with Crippen molar-refractivity contribution >= 4 is 41.0 Å². The number of benzene rings is 3. The summed E-state index contributed by atoms with van der Waals surface area (Å²) >= 11 is 1.16. The highest BCUT2D eigenvalue weighted by Crippen LogP contribution is 2.35. The van der Waals surface area contributed by atoms with E-state index >= 15 is 0 Å². The maximum absolute atomic E-state index is 13.0. The van der Waals surface area contributed by atoms with Gasteiger partial charge in [-0.2, -0.15) is 0 Å². The Balaban J connectivity index is 1.45. The highest BCUT2D eigenvalue weighted by Gasteiger charge is 2.39. The zero-order valence-electron chi connectivity index (χ0n) is 18.1. The highest BCUT2D eigenvalue weighted by molar-refractivity contribution is 7.99. The summed E-state index contributed by atoms with van der Waals surface area (Å²) in [7, 11) is 0. The molecule has 0 bridgehead atoms. The second-order valence-corrected chi connectivity index (χ2v) is 8.43. The molecule has 4 rings (SSSR count). The number of nitrogens with zero attached hydrogens (tertiary/aromatic N) is 1. The number of para-hydroxylation sites is 1. The lowest BCUT2D eigenvalue weighted by molar-refractivity contribution is -0.385. The van der Waals surface area contributed by atoms with Crippen molar-refractivity contribution in [2.75, 3.05) is 18.1 Å². The van der Waals surface area contributed by atoms with Gasteiger partial charge in [-0.15, -0.1) is 11.8 Å². The molecule has 0 unspecified atom stereocenters. The number of carbonyl (C=O) groups excluding carboxylic acids is 4. The Hall–Kier alpha value is -4.31. The molecular weight excluding hydrogens is 474 g/mol. The number of rotatable bonds is 8. The van der Waals surface area contributed by atoms with E-state index in [4.69, 9.17) is 9.47 Å². The van der Waals surface area contributed by atoms with E-state index in [0.29, 0.717) is 18.1 Å². The molecule has 0 radical (unpaired) electrons. The van der Waals surface area contributed by atoms with Crippen LogP contribution in [0.1, 0.15) is 42.2 Å². The molecule has 1 aliphatic carbocycles. The van der Waals surface area contributed by atoms with Gasteiger partial charge in [-0.05, 0) is 24.3 Å². The summed E-state index contributed by atoms with van der Waals surface area (Å²) in [6.07, 6.45) is 0. The second kappa shape index (κ2) is 10.3. The van der Waals surface area contributed by atoms with Crippen molar-refractivity contribution in [3.8, 4) is 5.75 Å². The van der Waals surface area contributed by atoms with E-state index in [-0.39, 0.29) is 22.4 Å². The van der Waals surface area contributed by atoms with Gasteiger partial charge in [-0.3, -0.25) is 24.5 Å². The number of nitro groups is 1. The number of esters is 2. The standard InChI is InChI=1S/C25H17NO8S/c27-20(14-35-13-12-33-15-6-2-1-3-7-15)34-25(30)19-11-10-18-21(22(19)26(31)32)24(29)17-9-5-4-8-16(17)23(18)28/h1-11H,12-14H2. The quantitative estimate of drug-likeness (QED) is 0.119. The molecule has 0 aromatic heterocycles. The number of nitro benzene ring substituents is 1. The van der Waals surface area contributed by atoms with E-state index < -0.39 is 45.2 Å². The molecule has 0 aliphatic heterocycles. The molecule has 0 saturated carbocycles. The molecule has 0 fully saturated rings. The molecule has 10 heteroatoms. The number of hydrogen-bond donors (Lipinski definition) is 0. The fourth-order valence-corrected chi connectivity index (χ4v) is 4.17. The summed E-state index contributed by atoms with van der Waals surface area (Å²) in [5.41, 5.74) is -2.00. The summed E-state index contributed by atoms with van der Waals surface area (Å²) in [5, 5.41) is 11.8. The Morgan fingerprint density at radius 1 is 0.857 bits per heavy atom. The van der Waals surface area contributed by atoms with Crippen LogP contribution in [-0.4, -0.2) is 46.5 Å². The summed E-state index contributed by atoms with van der Waals surface area (Å²) in [4.78, 5) is 61.4. The molecule has 0 amide bonds. The van der Waals surface area contributed by atoms with Crippen LogP contribution in [0.2, 0.25) is 0 Å². The van der Waals surface area contributed by atoms with Gasteiger partial charge in [0.1, 0.15) is 16.9 Å². The molecule has 35 heavy (non-hydrogen) atoms. The van der Waals surface area contributed by atoms with Gasteiger partial charge in [0.15, 0.2) is 5.78 Å². The van der Waals surface area contributed by atoms with Crippen LogP contribution in [0.25, 0.3) is 0 Å². The number of hydrogen-bond acceptors (Lipinski definition) is 9. The molecule has 0 heterocycles. The molecule has 0 N–H and O–H groups in total. The van der Waals surface area contributed by atoms with Crippen LogP contribution in [-0.2, 0) is 9.53 Å². The van der Waals surface area contributed by atoms with Crippen molar-refractivity contribution in [2.45, 2.75) is 0 Å². The van der Waals surface area contributed by atoms with Crippen molar-refractivity contribution in [1.82, 2.24) is 0 Å². The number of fused-ring (bicyclic) bond motifs is 2. The summed E-state index contributed by atoms with van der Waals surface area (Å²) in [6.45, 7) is 0.323. The van der Waals surface area contributed by atoms with Gasteiger partial charge in [0, 0.05) is 22.4 Å². The maximum atomic E-state index is 13.0. The summed E-state index contributed by atoms with van der Waals surface area (Å²) < 4.78 is 10.3. The predicted molar refractivity (Wildman–Crippen MR) is 126 cm³/mol. The van der Waals surface area contributed by atoms with Crippen LogP contribution in [0, 0.1) is 10.1 Å². The third-order valence-corrected chi connectivity index (χ3v) is 6.03. The average Bonchev–Trinajstić information content (AvgIpc) is 2.86. The number of ether oxygens (including phenoxy) is 2. The van der Waals surface area contributed by atoms with E-state index in [1.165, 1.54) is 18.2 Å². The topological polar surface area (TPSA) is 130 Å². The normalized spacial score (nSPS) is 11.9. The zero-order valence-corrected chi connectivity index (χ0v) is 18.9. The highest BCUT2D eigenvalue weighted by atomic mass is 32.2. The van der Waals surface area contributed by atoms with E-state index in [0.717, 1.165) is 23.9 Å². The predicted octanol–water partition coefficient (Wildman–Crippen LogP) is 3.87. The van der Waals surface area contributed by atoms with Crippen LogP contribution < -0.4 is 4.74 Å². The van der Waals surface area contributed by atoms with Crippen molar-refractivity contribution in [1.29, 1.82) is 0 Å². The third kappa shape index (κ3) is 4.97. The number of carbonyl (C=O) groups is 4. The number of ketones is 2. The minimum Gasteiger partial charge on any atom is -0.493 e. The van der Waals surface area contributed by atoms with Gasteiger partial charge < -0.3 is 9.47 Å². The summed E-state index contributed by atoms with van der Waals surface area (Å²) in [5.74, 6) is -2.56. The van der Waals surface area contributed by atoms with Crippen LogP contribution in [0.3, 0.4) is 0 Å². The smallest absolute Gasteiger partial charge is 0.352 e.